The first kappa shape index (κ1) is 17.9. The molecule has 4 rings (SSSR count). The highest BCUT2D eigenvalue weighted by atomic mass is 16.5. The molecule has 6 nitrogen and oxygen atoms in total. The fraction of sp³-hybridized carbons (Fsp3) is 0.476. The lowest BCUT2D eigenvalue weighted by Crippen LogP contribution is -2.55. The van der Waals surface area contributed by atoms with Crippen LogP contribution in [0.1, 0.15) is 17.5 Å². The molecule has 2 unspecified atom stereocenters. The Hall–Kier alpha value is -2.47. The average Bonchev–Trinajstić information content (AvgIpc) is 2.69. The predicted octanol–water partition coefficient (Wildman–Crippen LogP) is 2.22. The zero-order valence-electron chi connectivity index (χ0n) is 16.4. The van der Waals surface area contributed by atoms with Gasteiger partial charge in [0.15, 0.2) is 23.0 Å². The smallest absolute Gasteiger partial charge is 0.261 e. The molecule has 0 spiro atoms. The van der Waals surface area contributed by atoms with Crippen LogP contribution < -0.4 is 9.47 Å². The number of Topliss-reactive ketones (excluding diaryl/α,β-unsaturated/α-hetero) is 1. The van der Waals surface area contributed by atoms with Crippen molar-refractivity contribution < 1.29 is 23.7 Å². The molecule has 1 aliphatic heterocycles. The van der Waals surface area contributed by atoms with Gasteiger partial charge in [-0.25, -0.2) is 0 Å². The molecule has 6 heteroatoms. The van der Waals surface area contributed by atoms with Crippen molar-refractivity contribution in [1.29, 1.82) is 0 Å². The highest BCUT2D eigenvalue weighted by Gasteiger charge is 2.54. The maximum Gasteiger partial charge on any atom is 0.261 e. The largest absolute Gasteiger partial charge is 0.493 e. The Kier molecular flexibility index (Phi) is 4.18. The number of allylic oxidation sites excluding steroid dienone is 1. The minimum Gasteiger partial charge on any atom is -0.493 e. The molecule has 1 aromatic rings. The molecule has 2 aliphatic carbocycles. The molecular weight excluding hydrogens is 346 g/mol. The molecule has 1 fully saturated rings. The highest BCUT2D eigenvalue weighted by molar-refractivity contribution is 6.08. The molecule has 144 valence electrons. The molecule has 1 heterocycles. The van der Waals surface area contributed by atoms with Gasteiger partial charge in [0, 0.05) is 17.0 Å². The van der Waals surface area contributed by atoms with Crippen molar-refractivity contribution in [3.05, 3.63) is 46.4 Å². The molecule has 0 amide bonds. The molecule has 1 saturated heterocycles. The van der Waals surface area contributed by atoms with E-state index in [1.54, 1.807) is 21.3 Å². The third kappa shape index (κ3) is 2.32. The number of nitrogens with zero attached hydrogens (tertiary/aromatic N) is 1. The lowest BCUT2D eigenvalue weighted by molar-refractivity contribution is -0.118. The zero-order valence-corrected chi connectivity index (χ0v) is 16.4. The van der Waals surface area contributed by atoms with Crippen LogP contribution in [0.3, 0.4) is 0 Å². The summed E-state index contributed by atoms with van der Waals surface area (Å²) in [5.41, 5.74) is 2.93. The summed E-state index contributed by atoms with van der Waals surface area (Å²) in [5.74, 6) is 1.96. The highest BCUT2D eigenvalue weighted by Crippen LogP contribution is 2.54. The Morgan fingerprint density at radius 3 is 2.37 bits per heavy atom. The summed E-state index contributed by atoms with van der Waals surface area (Å²) in [4.78, 5) is 15.2. The van der Waals surface area contributed by atoms with Gasteiger partial charge in [0.25, 0.3) is 5.78 Å². The number of rotatable bonds is 4. The van der Waals surface area contributed by atoms with E-state index in [0.717, 1.165) is 36.3 Å². The summed E-state index contributed by atoms with van der Waals surface area (Å²) >= 11 is 0. The summed E-state index contributed by atoms with van der Waals surface area (Å²) in [6.07, 6.45) is 3.61. The van der Waals surface area contributed by atoms with E-state index in [1.807, 2.05) is 12.1 Å². The van der Waals surface area contributed by atoms with Gasteiger partial charge in [0.2, 0.25) is 0 Å². The number of carbonyl (C=O) groups excluding carboxylic acids is 1. The Balaban J connectivity index is 2.05. The average molecular weight is 371 g/mol. The standard InChI is InChI=1S/C21H25NO5/c1-22-7-6-21-11-17(26-4)19(23)20(27-5)18(21)14(22)8-12-9-15(24-2)16(25-3)10-13(12)21/h9-11,14H,6-8H2,1-5H3. The van der Waals surface area contributed by atoms with Gasteiger partial charge in [-0.15, -0.1) is 0 Å². The molecule has 2 bridgehead atoms. The minimum absolute atomic E-state index is 0.0953. The summed E-state index contributed by atoms with van der Waals surface area (Å²) in [5, 5.41) is 0. The van der Waals surface area contributed by atoms with Crippen LogP contribution >= 0.6 is 0 Å². The number of fused-ring (bicyclic) bond motifs is 1. The third-order valence-corrected chi connectivity index (χ3v) is 6.18. The van der Waals surface area contributed by atoms with Crippen molar-refractivity contribution in [3.63, 3.8) is 0 Å². The summed E-state index contributed by atoms with van der Waals surface area (Å²) in [7, 11) is 8.48. The topological polar surface area (TPSA) is 57.2 Å². The molecule has 2 atom stereocenters. The number of likely N-dealkylation sites (N-methyl/N-ethyl adjacent to an activating group) is 1. The zero-order chi connectivity index (χ0) is 19.3. The molecule has 0 saturated carbocycles. The van der Waals surface area contributed by atoms with E-state index in [-0.39, 0.29) is 11.8 Å². The van der Waals surface area contributed by atoms with Crippen LogP contribution in [0.2, 0.25) is 0 Å². The van der Waals surface area contributed by atoms with E-state index in [4.69, 9.17) is 18.9 Å². The first-order chi connectivity index (χ1) is 13.0. The Labute approximate surface area is 159 Å². The van der Waals surface area contributed by atoms with Gasteiger partial charge < -0.3 is 18.9 Å². The normalized spacial score (nSPS) is 26.8. The number of likely N-dealkylation sites (tertiary alicyclic amines) is 1. The first-order valence-electron chi connectivity index (χ1n) is 9.06. The maximum atomic E-state index is 12.9. The number of methoxy groups -OCH3 is 4. The Morgan fingerprint density at radius 1 is 1.04 bits per heavy atom. The lowest BCUT2D eigenvalue weighted by Gasteiger charge is -2.52. The minimum atomic E-state index is -0.436. The van der Waals surface area contributed by atoms with Crippen molar-refractivity contribution in [3.8, 4) is 11.5 Å². The van der Waals surface area contributed by atoms with Crippen LogP contribution in [0.5, 0.6) is 11.5 Å². The van der Waals surface area contributed by atoms with Gasteiger partial charge in [-0.3, -0.25) is 9.69 Å². The van der Waals surface area contributed by atoms with Crippen LogP contribution in [0, 0.1) is 0 Å². The number of benzene rings is 1. The number of hydrogen-bond donors (Lipinski definition) is 0. The van der Waals surface area contributed by atoms with Crippen LogP contribution in [-0.2, 0) is 26.1 Å². The molecule has 0 radical (unpaired) electrons. The summed E-state index contributed by atoms with van der Waals surface area (Å²) < 4.78 is 22.1. The molecule has 0 N–H and O–H groups in total. The second-order valence-corrected chi connectivity index (χ2v) is 7.27. The van der Waals surface area contributed by atoms with E-state index in [0.29, 0.717) is 17.3 Å². The maximum absolute atomic E-state index is 12.9. The van der Waals surface area contributed by atoms with Gasteiger partial charge in [0.1, 0.15) is 0 Å². The number of ether oxygens (including phenoxy) is 4. The number of carbonyl (C=O) groups is 1. The van der Waals surface area contributed by atoms with E-state index < -0.39 is 5.41 Å². The van der Waals surface area contributed by atoms with E-state index >= 15 is 0 Å². The van der Waals surface area contributed by atoms with Gasteiger partial charge >= 0.3 is 0 Å². The number of piperidine rings is 1. The molecule has 0 aromatic heterocycles. The Bertz CT molecular complexity index is 872. The van der Waals surface area contributed by atoms with Crippen molar-refractivity contribution in [2.75, 3.05) is 42.0 Å². The van der Waals surface area contributed by atoms with Crippen LogP contribution in [0.15, 0.2) is 35.3 Å². The first-order valence-corrected chi connectivity index (χ1v) is 9.06. The summed E-state index contributed by atoms with van der Waals surface area (Å²) in [6.45, 7) is 0.917. The molecule has 3 aliphatic rings. The third-order valence-electron chi connectivity index (χ3n) is 6.18. The summed E-state index contributed by atoms with van der Waals surface area (Å²) in [6, 6.07) is 4.20. The van der Waals surface area contributed by atoms with Gasteiger partial charge in [-0.2, -0.15) is 0 Å². The van der Waals surface area contributed by atoms with Crippen LogP contribution in [0.25, 0.3) is 0 Å². The van der Waals surface area contributed by atoms with E-state index in [9.17, 15) is 4.79 Å². The number of ketones is 1. The van der Waals surface area contributed by atoms with Gasteiger partial charge in [0.05, 0.1) is 28.4 Å². The SMILES string of the molecule is COC1=CC23CCN(C)C(Cc4cc(OC)c(OC)cc42)C3=C(OC)C1=O. The van der Waals surface area contributed by atoms with E-state index in [1.165, 1.54) is 12.7 Å². The molecular formula is C21H25NO5. The second-order valence-electron chi connectivity index (χ2n) is 7.27. The van der Waals surface area contributed by atoms with Crippen LogP contribution in [0.4, 0.5) is 0 Å². The van der Waals surface area contributed by atoms with Crippen molar-refractivity contribution in [1.82, 2.24) is 4.90 Å². The van der Waals surface area contributed by atoms with E-state index in [2.05, 4.69) is 18.0 Å². The monoisotopic (exact) mass is 371 g/mol. The molecule has 27 heavy (non-hydrogen) atoms. The van der Waals surface area contributed by atoms with Crippen molar-refractivity contribution >= 4 is 5.78 Å². The predicted molar refractivity (Wildman–Crippen MR) is 100 cm³/mol. The molecule has 1 aromatic carbocycles. The second kappa shape index (κ2) is 6.30. The van der Waals surface area contributed by atoms with Crippen molar-refractivity contribution in [2.24, 2.45) is 0 Å². The number of hydrogen-bond acceptors (Lipinski definition) is 6. The van der Waals surface area contributed by atoms with Gasteiger partial charge in [-0.1, -0.05) is 0 Å². The van der Waals surface area contributed by atoms with Gasteiger partial charge in [-0.05, 0) is 55.8 Å². The van der Waals surface area contributed by atoms with Crippen LogP contribution in [-0.4, -0.2) is 58.8 Å². The fourth-order valence-electron chi connectivity index (χ4n) is 4.87. The Morgan fingerprint density at radius 2 is 1.74 bits per heavy atom. The lowest BCUT2D eigenvalue weighted by atomic mass is 9.58. The fourth-order valence-corrected chi connectivity index (χ4v) is 4.87. The quantitative estimate of drug-likeness (QED) is 0.809. The van der Waals surface area contributed by atoms with Crippen molar-refractivity contribution in [2.45, 2.75) is 24.3 Å².